The first kappa shape index (κ1) is 15.6. The Kier molecular flexibility index (Phi) is 5.27. The van der Waals surface area contributed by atoms with Gasteiger partial charge in [-0.1, -0.05) is 13.8 Å². The first-order chi connectivity index (χ1) is 9.65. The highest BCUT2D eigenvalue weighted by Crippen LogP contribution is 2.37. The Bertz CT molecular complexity index is 333. The third kappa shape index (κ3) is 3.09. The number of nitrogens with zero attached hydrogens (tertiary/aromatic N) is 3. The summed E-state index contributed by atoms with van der Waals surface area (Å²) in [4.78, 5) is 9.35. The van der Waals surface area contributed by atoms with Gasteiger partial charge in [0, 0.05) is 20.2 Å². The van der Waals surface area contributed by atoms with Crippen molar-refractivity contribution in [1.29, 1.82) is 0 Å². The van der Waals surface area contributed by atoms with E-state index in [1.807, 2.05) is 7.11 Å². The van der Waals surface area contributed by atoms with Gasteiger partial charge in [0.05, 0.1) is 18.2 Å². The van der Waals surface area contributed by atoms with E-state index < -0.39 is 0 Å². The molecule has 5 heteroatoms. The van der Waals surface area contributed by atoms with Gasteiger partial charge >= 0.3 is 0 Å². The maximum atomic E-state index is 6.15. The van der Waals surface area contributed by atoms with Crippen molar-refractivity contribution in [1.82, 2.24) is 9.80 Å². The molecule has 1 heterocycles. The fraction of sp³-hybridized carbons (Fsp3) is 0.933. The minimum absolute atomic E-state index is 0.173. The van der Waals surface area contributed by atoms with Crippen LogP contribution in [0.4, 0.5) is 0 Å². The average molecular weight is 282 g/mol. The van der Waals surface area contributed by atoms with E-state index in [2.05, 4.69) is 28.6 Å². The van der Waals surface area contributed by atoms with Gasteiger partial charge in [0.25, 0.3) is 0 Å². The first-order valence-corrected chi connectivity index (χ1v) is 7.98. The third-order valence-corrected chi connectivity index (χ3v) is 5.12. The van der Waals surface area contributed by atoms with Crippen LogP contribution in [0.15, 0.2) is 4.99 Å². The number of ether oxygens (including phenoxy) is 1. The van der Waals surface area contributed by atoms with Crippen LogP contribution < -0.4 is 5.73 Å². The Morgan fingerprint density at radius 2 is 2.00 bits per heavy atom. The smallest absolute Gasteiger partial charge is 0.191 e. The van der Waals surface area contributed by atoms with E-state index in [9.17, 15) is 0 Å². The maximum Gasteiger partial charge on any atom is 0.191 e. The molecule has 2 aliphatic rings. The molecule has 0 atom stereocenters. The number of guanidine groups is 1. The van der Waals surface area contributed by atoms with Crippen molar-refractivity contribution in [2.45, 2.75) is 51.2 Å². The molecule has 0 unspecified atom stereocenters. The van der Waals surface area contributed by atoms with Gasteiger partial charge in [0.2, 0.25) is 0 Å². The number of nitrogens with two attached hydrogens (primary N) is 1. The molecule has 0 aromatic heterocycles. The van der Waals surface area contributed by atoms with E-state index in [0.717, 1.165) is 64.4 Å². The molecule has 1 aliphatic heterocycles. The summed E-state index contributed by atoms with van der Waals surface area (Å²) >= 11 is 0. The van der Waals surface area contributed by atoms with Crippen LogP contribution in [0.5, 0.6) is 0 Å². The number of likely N-dealkylation sites (N-methyl/N-ethyl adjacent to an activating group) is 1. The van der Waals surface area contributed by atoms with E-state index in [1.165, 1.54) is 0 Å². The highest BCUT2D eigenvalue weighted by molar-refractivity contribution is 5.81. The van der Waals surface area contributed by atoms with E-state index >= 15 is 0 Å². The van der Waals surface area contributed by atoms with Gasteiger partial charge in [0.15, 0.2) is 5.96 Å². The molecule has 2 rings (SSSR count). The lowest BCUT2D eigenvalue weighted by Crippen LogP contribution is -2.55. The maximum absolute atomic E-state index is 6.15. The Hall–Kier alpha value is -0.810. The van der Waals surface area contributed by atoms with Crippen molar-refractivity contribution in [2.24, 2.45) is 10.7 Å². The van der Waals surface area contributed by atoms with Gasteiger partial charge in [-0.25, -0.2) is 0 Å². The molecule has 1 fully saturated rings. The minimum Gasteiger partial charge on any atom is -0.381 e. The summed E-state index contributed by atoms with van der Waals surface area (Å²) in [7, 11) is 1.82. The number of rotatable bonds is 6. The predicted molar refractivity (Wildman–Crippen MR) is 83.0 cm³/mol. The molecule has 0 aromatic carbocycles. The lowest BCUT2D eigenvalue weighted by Gasteiger charge is -2.44. The van der Waals surface area contributed by atoms with Crippen molar-refractivity contribution < 1.29 is 4.74 Å². The molecule has 1 saturated carbocycles. The second kappa shape index (κ2) is 6.76. The molecule has 2 N–H and O–H groups in total. The highest BCUT2D eigenvalue weighted by atomic mass is 16.5. The number of aliphatic imine (C=N–C) groups is 1. The molecule has 5 nitrogen and oxygen atoms in total. The topological polar surface area (TPSA) is 54.1 Å². The van der Waals surface area contributed by atoms with Crippen LogP contribution in [0, 0.1) is 0 Å². The fourth-order valence-corrected chi connectivity index (χ4v) is 3.57. The molecule has 0 aromatic rings. The summed E-state index contributed by atoms with van der Waals surface area (Å²) in [6, 6.07) is 0. The molecule has 20 heavy (non-hydrogen) atoms. The zero-order valence-electron chi connectivity index (χ0n) is 13.3. The van der Waals surface area contributed by atoms with Crippen molar-refractivity contribution in [2.75, 3.05) is 39.8 Å². The SMILES string of the molecule is CCN(CC)CCN1C(N)=NCC12CCC(OC)CC2. The van der Waals surface area contributed by atoms with Gasteiger partial charge < -0.3 is 20.3 Å². The van der Waals surface area contributed by atoms with Crippen LogP contribution in [0.2, 0.25) is 0 Å². The molecule has 0 radical (unpaired) electrons. The monoisotopic (exact) mass is 282 g/mol. The van der Waals surface area contributed by atoms with Crippen molar-refractivity contribution in [3.05, 3.63) is 0 Å². The Morgan fingerprint density at radius 1 is 1.35 bits per heavy atom. The summed E-state index contributed by atoms with van der Waals surface area (Å²) < 4.78 is 5.49. The fourth-order valence-electron chi connectivity index (χ4n) is 3.57. The van der Waals surface area contributed by atoms with E-state index in [-0.39, 0.29) is 5.54 Å². The summed E-state index contributed by atoms with van der Waals surface area (Å²) in [6.07, 6.45) is 4.97. The second-order valence-electron chi connectivity index (χ2n) is 6.01. The van der Waals surface area contributed by atoms with Crippen LogP contribution in [0.25, 0.3) is 0 Å². The van der Waals surface area contributed by atoms with Gasteiger partial charge in [0.1, 0.15) is 0 Å². The van der Waals surface area contributed by atoms with Gasteiger partial charge in [-0.15, -0.1) is 0 Å². The van der Waals surface area contributed by atoms with E-state index in [0.29, 0.717) is 6.10 Å². The normalized spacial score (nSPS) is 30.3. The molecule has 0 saturated heterocycles. The Morgan fingerprint density at radius 3 is 2.55 bits per heavy atom. The van der Waals surface area contributed by atoms with Crippen molar-refractivity contribution in [3.8, 4) is 0 Å². The molecule has 0 amide bonds. The summed E-state index contributed by atoms with van der Waals surface area (Å²) in [5, 5.41) is 0. The van der Waals surface area contributed by atoms with Crippen LogP contribution in [-0.4, -0.2) is 67.2 Å². The Labute approximate surface area is 123 Å². The molecular formula is C15H30N4O. The van der Waals surface area contributed by atoms with E-state index in [4.69, 9.17) is 10.5 Å². The van der Waals surface area contributed by atoms with E-state index in [1.54, 1.807) is 0 Å². The van der Waals surface area contributed by atoms with Crippen LogP contribution >= 0.6 is 0 Å². The predicted octanol–water partition coefficient (Wildman–Crippen LogP) is 1.29. The molecule has 116 valence electrons. The molecule has 1 aliphatic carbocycles. The summed E-state index contributed by atoms with van der Waals surface area (Å²) in [5.41, 5.74) is 6.32. The van der Waals surface area contributed by atoms with Crippen LogP contribution in [0.1, 0.15) is 39.5 Å². The lowest BCUT2D eigenvalue weighted by atomic mass is 9.79. The second-order valence-corrected chi connectivity index (χ2v) is 6.01. The largest absolute Gasteiger partial charge is 0.381 e. The van der Waals surface area contributed by atoms with Gasteiger partial charge in [-0.3, -0.25) is 4.99 Å². The highest BCUT2D eigenvalue weighted by Gasteiger charge is 2.44. The summed E-state index contributed by atoms with van der Waals surface area (Å²) in [6.45, 7) is 9.55. The van der Waals surface area contributed by atoms with Gasteiger partial charge in [-0.05, 0) is 38.8 Å². The zero-order chi connectivity index (χ0) is 14.6. The van der Waals surface area contributed by atoms with Crippen molar-refractivity contribution >= 4 is 5.96 Å². The van der Waals surface area contributed by atoms with Crippen LogP contribution in [0.3, 0.4) is 0 Å². The standard InChI is InChI=1S/C15H30N4O/c1-4-18(5-2)10-11-19-14(16)17-12-15(19)8-6-13(20-3)7-9-15/h13H,4-12H2,1-3H3,(H2,16,17). The lowest BCUT2D eigenvalue weighted by molar-refractivity contribution is 0.0214. The van der Waals surface area contributed by atoms with Crippen molar-refractivity contribution in [3.63, 3.8) is 0 Å². The number of methoxy groups -OCH3 is 1. The zero-order valence-corrected chi connectivity index (χ0v) is 13.3. The molecule has 1 spiro atoms. The average Bonchev–Trinajstić information content (AvgIpc) is 2.78. The number of hydrogen-bond acceptors (Lipinski definition) is 5. The molecular weight excluding hydrogens is 252 g/mol. The first-order valence-electron chi connectivity index (χ1n) is 7.98. The third-order valence-electron chi connectivity index (χ3n) is 5.12. The summed E-state index contributed by atoms with van der Waals surface area (Å²) in [5.74, 6) is 0.744. The molecule has 0 bridgehead atoms. The quantitative estimate of drug-likeness (QED) is 0.797. The van der Waals surface area contributed by atoms with Crippen LogP contribution in [-0.2, 0) is 4.74 Å². The Balaban J connectivity index is 1.96. The van der Waals surface area contributed by atoms with Gasteiger partial charge in [-0.2, -0.15) is 0 Å². The minimum atomic E-state index is 0.173. The number of hydrogen-bond donors (Lipinski definition) is 1.